The van der Waals surface area contributed by atoms with Crippen molar-refractivity contribution >= 4 is 32.7 Å². The van der Waals surface area contributed by atoms with E-state index in [2.05, 4.69) is 50.3 Å². The Bertz CT molecular complexity index is 1640. The fourth-order valence-electron chi connectivity index (χ4n) is 5.67. The van der Waals surface area contributed by atoms with Gasteiger partial charge in [0.2, 0.25) is 0 Å². The van der Waals surface area contributed by atoms with Crippen LogP contribution in [0.4, 0.5) is 0 Å². The predicted octanol–water partition coefficient (Wildman–Crippen LogP) is 5.17. The van der Waals surface area contributed by atoms with E-state index in [-0.39, 0.29) is 0 Å². The molecular weight excluding hydrogens is 516 g/mol. The lowest BCUT2D eigenvalue weighted by Crippen LogP contribution is -2.60. The van der Waals surface area contributed by atoms with Gasteiger partial charge in [-0.05, 0) is 60.0 Å². The molecule has 2 aliphatic carbocycles. The summed E-state index contributed by atoms with van der Waals surface area (Å²) in [5, 5.41) is 15.5. The van der Waals surface area contributed by atoms with Crippen LogP contribution in [-0.4, -0.2) is 35.3 Å². The summed E-state index contributed by atoms with van der Waals surface area (Å²) >= 11 is 3.59. The molecule has 2 fully saturated rings. The third kappa shape index (κ3) is 3.32. The van der Waals surface area contributed by atoms with Gasteiger partial charge < -0.3 is 10.8 Å². The highest BCUT2D eigenvalue weighted by molar-refractivity contribution is 9.10. The van der Waals surface area contributed by atoms with Crippen molar-refractivity contribution in [2.24, 2.45) is 11.7 Å². The molecule has 3 aromatic heterocycles. The number of aromatic nitrogens is 5. The lowest BCUT2D eigenvalue weighted by Gasteiger charge is -2.52. The zero-order valence-electron chi connectivity index (χ0n) is 19.8. The van der Waals surface area contributed by atoms with Crippen LogP contribution >= 0.6 is 15.9 Å². The number of fused-ring (bicyclic) bond motifs is 3. The Balaban J connectivity index is 1.36. The highest BCUT2D eigenvalue weighted by atomic mass is 79.9. The van der Waals surface area contributed by atoms with Crippen molar-refractivity contribution in [2.75, 3.05) is 0 Å². The second-order valence-electron chi connectivity index (χ2n) is 10.4. The Morgan fingerprint density at radius 3 is 2.31 bits per heavy atom. The maximum absolute atomic E-state index is 10.8. The SMILES string of the molecule is Cc1nn2c(ncc3nc(-c4ccccc4)c(-c4ccc(C5(N)CC(O)(C6CC6)C5)cc4)nc32)c1Br. The first kappa shape index (κ1) is 22.0. The van der Waals surface area contributed by atoms with Gasteiger partial charge in [-0.15, -0.1) is 0 Å². The Labute approximate surface area is 216 Å². The largest absolute Gasteiger partial charge is 0.389 e. The first-order chi connectivity index (χ1) is 17.3. The van der Waals surface area contributed by atoms with Gasteiger partial charge >= 0.3 is 0 Å². The van der Waals surface area contributed by atoms with Crippen LogP contribution in [0, 0.1) is 12.8 Å². The minimum absolute atomic E-state index is 0.423. The second kappa shape index (κ2) is 7.65. The molecule has 36 heavy (non-hydrogen) atoms. The molecule has 3 N–H and O–H groups in total. The molecule has 0 amide bonds. The maximum atomic E-state index is 10.8. The summed E-state index contributed by atoms with van der Waals surface area (Å²) in [5.41, 5.74) is 13.0. The van der Waals surface area contributed by atoms with E-state index in [0.717, 1.165) is 51.1 Å². The molecule has 2 aliphatic rings. The van der Waals surface area contributed by atoms with Gasteiger partial charge in [-0.1, -0.05) is 54.6 Å². The number of hydrogen-bond donors (Lipinski definition) is 2. The Kier molecular flexibility index (Phi) is 4.68. The van der Waals surface area contributed by atoms with Gasteiger partial charge in [0.1, 0.15) is 5.52 Å². The predicted molar refractivity (Wildman–Crippen MR) is 142 cm³/mol. The van der Waals surface area contributed by atoms with Gasteiger partial charge in [-0.2, -0.15) is 9.61 Å². The first-order valence-corrected chi connectivity index (χ1v) is 13.0. The van der Waals surface area contributed by atoms with E-state index in [4.69, 9.17) is 15.7 Å². The van der Waals surface area contributed by atoms with E-state index in [1.165, 1.54) is 0 Å². The average molecular weight is 541 g/mol. The number of aryl methyl sites for hydroxylation is 1. The van der Waals surface area contributed by atoms with E-state index in [9.17, 15) is 5.11 Å². The van der Waals surface area contributed by atoms with Gasteiger partial charge in [-0.25, -0.2) is 15.0 Å². The molecule has 0 bridgehead atoms. The first-order valence-electron chi connectivity index (χ1n) is 12.2. The molecular formula is C28H25BrN6O. The number of aliphatic hydroxyl groups is 1. The molecule has 0 unspecified atom stereocenters. The van der Waals surface area contributed by atoms with E-state index in [1.54, 1.807) is 10.7 Å². The van der Waals surface area contributed by atoms with Crippen molar-refractivity contribution < 1.29 is 5.11 Å². The molecule has 5 aromatic rings. The summed E-state index contributed by atoms with van der Waals surface area (Å²) in [6, 6.07) is 18.3. The van der Waals surface area contributed by atoms with Crippen LogP contribution in [0.1, 0.15) is 36.9 Å². The molecule has 0 atom stereocenters. The number of nitrogens with two attached hydrogens (primary N) is 1. The van der Waals surface area contributed by atoms with Gasteiger partial charge in [0.05, 0.1) is 33.4 Å². The van der Waals surface area contributed by atoms with Crippen molar-refractivity contribution in [1.82, 2.24) is 24.6 Å². The molecule has 0 saturated heterocycles. The summed E-state index contributed by atoms with van der Waals surface area (Å²) in [6.45, 7) is 1.93. The van der Waals surface area contributed by atoms with Crippen LogP contribution < -0.4 is 5.73 Å². The topological polar surface area (TPSA) is 102 Å². The summed E-state index contributed by atoms with van der Waals surface area (Å²) < 4.78 is 2.60. The summed E-state index contributed by atoms with van der Waals surface area (Å²) in [4.78, 5) is 14.7. The maximum Gasteiger partial charge on any atom is 0.184 e. The molecule has 7 rings (SSSR count). The highest BCUT2D eigenvalue weighted by Crippen LogP contribution is 2.57. The average Bonchev–Trinajstić information content (AvgIpc) is 3.70. The molecule has 7 nitrogen and oxygen atoms in total. The van der Waals surface area contributed by atoms with Crippen LogP contribution in [0.5, 0.6) is 0 Å². The number of halogens is 1. The third-order valence-electron chi connectivity index (χ3n) is 7.74. The molecule has 2 aromatic carbocycles. The number of nitrogens with zero attached hydrogens (tertiary/aromatic N) is 5. The lowest BCUT2D eigenvalue weighted by atomic mass is 9.60. The number of rotatable bonds is 4. The van der Waals surface area contributed by atoms with Crippen LogP contribution in [-0.2, 0) is 5.54 Å². The van der Waals surface area contributed by atoms with Crippen molar-refractivity contribution in [3.63, 3.8) is 0 Å². The van der Waals surface area contributed by atoms with Crippen molar-refractivity contribution in [1.29, 1.82) is 0 Å². The lowest BCUT2D eigenvalue weighted by molar-refractivity contribution is -0.106. The second-order valence-corrected chi connectivity index (χ2v) is 11.1. The summed E-state index contributed by atoms with van der Waals surface area (Å²) in [6.07, 6.45) is 5.22. The molecule has 0 spiro atoms. The third-order valence-corrected chi connectivity index (χ3v) is 8.67. The number of benzene rings is 2. The fourth-order valence-corrected chi connectivity index (χ4v) is 6.02. The van der Waals surface area contributed by atoms with Crippen molar-refractivity contribution in [3.05, 3.63) is 76.5 Å². The molecule has 0 aliphatic heterocycles. The van der Waals surface area contributed by atoms with E-state index in [0.29, 0.717) is 35.6 Å². The smallest absolute Gasteiger partial charge is 0.184 e. The molecule has 0 radical (unpaired) electrons. The zero-order valence-corrected chi connectivity index (χ0v) is 21.4. The monoisotopic (exact) mass is 540 g/mol. The molecule has 3 heterocycles. The zero-order chi connectivity index (χ0) is 24.7. The Hall–Kier alpha value is -3.20. The van der Waals surface area contributed by atoms with Crippen molar-refractivity contribution in [3.8, 4) is 22.5 Å². The van der Waals surface area contributed by atoms with Gasteiger partial charge in [0.25, 0.3) is 0 Å². The summed E-state index contributed by atoms with van der Waals surface area (Å²) in [7, 11) is 0. The standard InChI is InChI=1S/C28H25BrN6O/c1-16-22(29)26-31-13-21-25(35(26)34-16)33-24(23(32-21)17-5-3-2-4-6-17)18-7-9-19(10-8-18)27(30)14-28(36,15-27)20-11-12-20/h2-10,13,20,36H,11-12,14-15,30H2,1H3. The van der Waals surface area contributed by atoms with Crippen LogP contribution in [0.15, 0.2) is 65.3 Å². The Morgan fingerprint density at radius 1 is 0.944 bits per heavy atom. The van der Waals surface area contributed by atoms with Gasteiger partial charge in [-0.3, -0.25) is 0 Å². The van der Waals surface area contributed by atoms with Crippen molar-refractivity contribution in [2.45, 2.75) is 43.7 Å². The highest BCUT2D eigenvalue weighted by Gasteiger charge is 2.58. The minimum atomic E-state index is -0.590. The van der Waals surface area contributed by atoms with Crippen LogP contribution in [0.25, 0.3) is 39.3 Å². The molecule has 8 heteroatoms. The minimum Gasteiger partial charge on any atom is -0.389 e. The fraction of sp³-hybridized carbons (Fsp3) is 0.286. The van der Waals surface area contributed by atoms with E-state index < -0.39 is 11.1 Å². The molecule has 2 saturated carbocycles. The quantitative estimate of drug-likeness (QED) is 0.326. The van der Waals surface area contributed by atoms with Gasteiger partial charge in [0, 0.05) is 16.7 Å². The normalized spacial score (nSPS) is 23.8. The Morgan fingerprint density at radius 2 is 1.61 bits per heavy atom. The van der Waals surface area contributed by atoms with Crippen LogP contribution in [0.3, 0.4) is 0 Å². The molecule has 180 valence electrons. The summed E-state index contributed by atoms with van der Waals surface area (Å²) in [5.74, 6) is 0.423. The van der Waals surface area contributed by atoms with E-state index in [1.807, 2.05) is 37.3 Å². The number of hydrogen-bond acceptors (Lipinski definition) is 6. The van der Waals surface area contributed by atoms with Crippen LogP contribution in [0.2, 0.25) is 0 Å². The van der Waals surface area contributed by atoms with E-state index >= 15 is 0 Å². The van der Waals surface area contributed by atoms with Gasteiger partial charge in [0.15, 0.2) is 11.3 Å².